The summed E-state index contributed by atoms with van der Waals surface area (Å²) in [6, 6.07) is 5.84. The molecule has 16 heavy (non-hydrogen) atoms. The van der Waals surface area contributed by atoms with Crippen molar-refractivity contribution in [3.63, 3.8) is 0 Å². The average molecular weight is 240 g/mol. The molecule has 1 rings (SSSR count). The van der Waals surface area contributed by atoms with Gasteiger partial charge in [-0.1, -0.05) is 18.2 Å². The maximum absolute atomic E-state index is 11.8. The summed E-state index contributed by atoms with van der Waals surface area (Å²) in [5, 5.41) is 7.96. The fraction of sp³-hybridized carbons (Fsp3) is 0.417. The molecule has 0 aliphatic heterocycles. The van der Waals surface area contributed by atoms with Crippen LogP contribution in [-0.4, -0.2) is 20.5 Å². The molecule has 4 heteroatoms. The van der Waals surface area contributed by atoms with Crippen LogP contribution in [0.25, 0.3) is 0 Å². The molecule has 0 saturated carbocycles. The number of rotatable bonds is 4. The van der Waals surface area contributed by atoms with Crippen LogP contribution in [0.4, 0.5) is 0 Å². The number of carbonyl (C=O) groups is 1. The number of aryl methyl sites for hydroxylation is 2. The van der Waals surface area contributed by atoms with Crippen molar-refractivity contribution in [2.45, 2.75) is 31.8 Å². The molecule has 1 aromatic carbocycles. The van der Waals surface area contributed by atoms with Crippen LogP contribution in [0.5, 0.6) is 0 Å². The molecule has 0 spiro atoms. The third-order valence-electron chi connectivity index (χ3n) is 2.67. The Labute approximate surface area is 98.0 Å². The van der Waals surface area contributed by atoms with E-state index in [0.717, 1.165) is 16.7 Å². The summed E-state index contributed by atoms with van der Waals surface area (Å²) in [6.45, 7) is 5.38. The predicted molar refractivity (Wildman–Crippen MR) is 64.9 cm³/mol. The molecule has 0 aliphatic carbocycles. The van der Waals surface area contributed by atoms with Crippen molar-refractivity contribution >= 4 is 16.8 Å². The third-order valence-corrected chi connectivity index (χ3v) is 4.24. The first-order chi connectivity index (χ1) is 7.43. The lowest BCUT2D eigenvalue weighted by atomic mass is 10.1. The molecule has 0 radical (unpaired) electrons. The van der Waals surface area contributed by atoms with Crippen LogP contribution >= 0.6 is 0 Å². The standard InChI is InChI=1S/C12H16O3S/c1-8-5-4-6-9(2)11(8)7-16(15)10(3)12(13)14/h4-6,10H,7H2,1-3H3,(H,13,14). The number of benzene rings is 1. The van der Waals surface area contributed by atoms with E-state index < -0.39 is 22.0 Å². The first kappa shape index (κ1) is 12.9. The van der Waals surface area contributed by atoms with Crippen LogP contribution < -0.4 is 0 Å². The van der Waals surface area contributed by atoms with Crippen LogP contribution in [0.3, 0.4) is 0 Å². The Bertz CT molecular complexity index is 406. The molecule has 2 unspecified atom stereocenters. The van der Waals surface area contributed by atoms with E-state index in [4.69, 9.17) is 5.11 Å². The zero-order valence-electron chi connectivity index (χ0n) is 9.69. The van der Waals surface area contributed by atoms with Gasteiger partial charge in [-0.05, 0) is 37.5 Å². The second kappa shape index (κ2) is 5.25. The van der Waals surface area contributed by atoms with Gasteiger partial charge in [0.05, 0.1) is 0 Å². The summed E-state index contributed by atoms with van der Waals surface area (Å²) >= 11 is 0. The topological polar surface area (TPSA) is 54.4 Å². The molecule has 0 fully saturated rings. The lowest BCUT2D eigenvalue weighted by Gasteiger charge is -2.11. The van der Waals surface area contributed by atoms with Gasteiger partial charge < -0.3 is 5.11 Å². The van der Waals surface area contributed by atoms with E-state index in [-0.39, 0.29) is 0 Å². The van der Waals surface area contributed by atoms with E-state index in [1.807, 2.05) is 32.0 Å². The highest BCUT2D eigenvalue weighted by molar-refractivity contribution is 7.85. The van der Waals surface area contributed by atoms with Crippen molar-refractivity contribution in [3.05, 3.63) is 34.9 Å². The summed E-state index contributed by atoms with van der Waals surface area (Å²) < 4.78 is 11.8. The number of aliphatic carboxylic acids is 1. The van der Waals surface area contributed by atoms with Gasteiger partial charge in [0, 0.05) is 16.6 Å². The molecular formula is C12H16O3S. The largest absolute Gasteiger partial charge is 0.480 e. The van der Waals surface area contributed by atoms with Gasteiger partial charge >= 0.3 is 5.97 Å². The molecular weight excluding hydrogens is 224 g/mol. The van der Waals surface area contributed by atoms with Gasteiger partial charge in [-0.3, -0.25) is 9.00 Å². The maximum Gasteiger partial charge on any atom is 0.318 e. The molecule has 1 N–H and O–H groups in total. The van der Waals surface area contributed by atoms with Crippen LogP contribution in [0, 0.1) is 13.8 Å². The molecule has 0 aliphatic rings. The zero-order chi connectivity index (χ0) is 12.3. The van der Waals surface area contributed by atoms with Crippen LogP contribution in [0.2, 0.25) is 0 Å². The lowest BCUT2D eigenvalue weighted by Crippen LogP contribution is -2.23. The summed E-state index contributed by atoms with van der Waals surface area (Å²) in [5.74, 6) is -0.698. The van der Waals surface area contributed by atoms with Crippen molar-refractivity contribution < 1.29 is 14.1 Å². The van der Waals surface area contributed by atoms with Crippen molar-refractivity contribution in [2.75, 3.05) is 0 Å². The zero-order valence-corrected chi connectivity index (χ0v) is 10.5. The minimum absolute atomic E-state index is 0.311. The van der Waals surface area contributed by atoms with Gasteiger partial charge in [0.1, 0.15) is 5.25 Å². The van der Waals surface area contributed by atoms with E-state index in [1.165, 1.54) is 6.92 Å². The number of carboxylic acid groups (broad SMARTS) is 1. The maximum atomic E-state index is 11.8. The quantitative estimate of drug-likeness (QED) is 0.876. The highest BCUT2D eigenvalue weighted by atomic mass is 32.2. The molecule has 2 atom stereocenters. The van der Waals surface area contributed by atoms with Crippen molar-refractivity contribution in [1.82, 2.24) is 0 Å². The minimum Gasteiger partial charge on any atom is -0.480 e. The van der Waals surface area contributed by atoms with E-state index in [9.17, 15) is 9.00 Å². The average Bonchev–Trinajstić information content (AvgIpc) is 2.22. The van der Waals surface area contributed by atoms with Crippen LogP contribution in [0.15, 0.2) is 18.2 Å². The van der Waals surface area contributed by atoms with Crippen molar-refractivity contribution in [2.24, 2.45) is 0 Å². The molecule has 0 heterocycles. The lowest BCUT2D eigenvalue weighted by molar-refractivity contribution is -0.136. The first-order valence-electron chi connectivity index (χ1n) is 5.08. The Balaban J connectivity index is 2.89. The van der Waals surface area contributed by atoms with Gasteiger partial charge in [0.2, 0.25) is 0 Å². The van der Waals surface area contributed by atoms with Crippen molar-refractivity contribution in [3.8, 4) is 0 Å². The van der Waals surface area contributed by atoms with Gasteiger partial charge in [0.15, 0.2) is 0 Å². The van der Waals surface area contributed by atoms with Crippen molar-refractivity contribution in [1.29, 1.82) is 0 Å². The number of carboxylic acids is 1. The monoisotopic (exact) mass is 240 g/mol. The van der Waals surface area contributed by atoms with Gasteiger partial charge in [0.25, 0.3) is 0 Å². The normalized spacial score (nSPS) is 14.4. The predicted octanol–water partition coefficient (Wildman–Crippen LogP) is 2.03. The van der Waals surface area contributed by atoms with Gasteiger partial charge in [-0.15, -0.1) is 0 Å². The summed E-state index contributed by atoms with van der Waals surface area (Å²) in [5.41, 5.74) is 3.12. The van der Waals surface area contributed by atoms with Gasteiger partial charge in [-0.25, -0.2) is 0 Å². The fourth-order valence-corrected chi connectivity index (χ4v) is 2.67. The van der Waals surface area contributed by atoms with E-state index in [1.54, 1.807) is 0 Å². The van der Waals surface area contributed by atoms with Crippen LogP contribution in [0.1, 0.15) is 23.6 Å². The van der Waals surface area contributed by atoms with E-state index in [2.05, 4.69) is 0 Å². The van der Waals surface area contributed by atoms with Crippen LogP contribution in [-0.2, 0) is 21.3 Å². The Morgan fingerprint density at radius 2 is 1.88 bits per heavy atom. The van der Waals surface area contributed by atoms with Gasteiger partial charge in [-0.2, -0.15) is 0 Å². The minimum atomic E-state index is -1.37. The SMILES string of the molecule is Cc1cccc(C)c1CS(=O)C(C)C(=O)O. The highest BCUT2D eigenvalue weighted by Gasteiger charge is 2.20. The van der Waals surface area contributed by atoms with E-state index in [0.29, 0.717) is 5.75 Å². The first-order valence-corrected chi connectivity index (χ1v) is 6.46. The molecule has 0 aromatic heterocycles. The Morgan fingerprint density at radius 1 is 1.38 bits per heavy atom. The van der Waals surface area contributed by atoms with E-state index >= 15 is 0 Å². The highest BCUT2D eigenvalue weighted by Crippen LogP contribution is 2.16. The third kappa shape index (κ3) is 2.92. The molecule has 0 amide bonds. The molecule has 0 saturated heterocycles. The second-order valence-corrected chi connectivity index (χ2v) is 5.63. The molecule has 88 valence electrons. The Morgan fingerprint density at radius 3 is 2.31 bits per heavy atom. The number of hydrogen-bond acceptors (Lipinski definition) is 2. The Kier molecular flexibility index (Phi) is 4.24. The Hall–Kier alpha value is -1.16. The fourth-order valence-electron chi connectivity index (χ4n) is 1.46. The smallest absolute Gasteiger partial charge is 0.318 e. The second-order valence-electron chi connectivity index (χ2n) is 3.88. The molecule has 3 nitrogen and oxygen atoms in total. The molecule has 0 bridgehead atoms. The molecule has 1 aromatic rings. The summed E-state index contributed by atoms with van der Waals surface area (Å²) in [6.07, 6.45) is 0. The summed E-state index contributed by atoms with van der Waals surface area (Å²) in [7, 11) is -1.37. The summed E-state index contributed by atoms with van der Waals surface area (Å²) in [4.78, 5) is 10.7. The number of hydrogen-bond donors (Lipinski definition) is 1.